The van der Waals surface area contributed by atoms with Gasteiger partial charge in [-0.1, -0.05) is 23.8 Å². The van der Waals surface area contributed by atoms with E-state index in [0.717, 1.165) is 11.6 Å². The van der Waals surface area contributed by atoms with Crippen molar-refractivity contribution in [1.29, 1.82) is 0 Å². The van der Waals surface area contributed by atoms with Crippen molar-refractivity contribution in [2.45, 2.75) is 39.2 Å². The summed E-state index contributed by atoms with van der Waals surface area (Å²) < 4.78 is 0. The summed E-state index contributed by atoms with van der Waals surface area (Å²) in [6.45, 7) is 4.12. The lowest BCUT2D eigenvalue weighted by atomic mass is 9.93. The highest BCUT2D eigenvalue weighted by Crippen LogP contribution is 2.44. The number of aryl methyl sites for hydroxylation is 1. The van der Waals surface area contributed by atoms with Gasteiger partial charge < -0.3 is 10.6 Å². The average Bonchev–Trinajstić information content (AvgIpc) is 3.03. The standard InChI is InChI=1S/C17H22N2O/c1-11-3-7-15(8-4-11)19-17(20)18-12(2)16-10-13-5-6-14(16)9-13/h3-4,7-8,10,12-14H,5-6,9H2,1-2H3,(H2,18,19,20). The molecule has 2 bridgehead atoms. The smallest absolute Gasteiger partial charge is 0.319 e. The molecule has 106 valence electrons. The number of allylic oxidation sites excluding steroid dienone is 1. The Bertz CT molecular complexity index is 532. The molecule has 0 saturated heterocycles. The van der Waals surface area contributed by atoms with Crippen LogP contribution >= 0.6 is 0 Å². The van der Waals surface area contributed by atoms with Crippen LogP contribution < -0.4 is 10.6 Å². The average molecular weight is 270 g/mol. The fourth-order valence-corrected chi connectivity index (χ4v) is 3.46. The zero-order valence-electron chi connectivity index (χ0n) is 12.1. The first-order valence-electron chi connectivity index (χ1n) is 7.47. The molecule has 1 saturated carbocycles. The first-order chi connectivity index (χ1) is 9.61. The monoisotopic (exact) mass is 270 g/mol. The molecule has 0 aliphatic heterocycles. The van der Waals surface area contributed by atoms with Crippen molar-refractivity contribution in [3.05, 3.63) is 41.5 Å². The largest absolute Gasteiger partial charge is 0.332 e. The number of amides is 2. The number of rotatable bonds is 3. The van der Waals surface area contributed by atoms with Crippen LogP contribution in [0.15, 0.2) is 35.9 Å². The molecule has 2 N–H and O–H groups in total. The third kappa shape index (κ3) is 2.72. The third-order valence-corrected chi connectivity index (χ3v) is 4.53. The molecule has 3 atom stereocenters. The van der Waals surface area contributed by atoms with E-state index >= 15 is 0 Å². The van der Waals surface area contributed by atoms with Crippen LogP contribution in [0.4, 0.5) is 10.5 Å². The van der Waals surface area contributed by atoms with E-state index < -0.39 is 0 Å². The van der Waals surface area contributed by atoms with Gasteiger partial charge in [0, 0.05) is 11.7 Å². The Labute approximate surface area is 120 Å². The van der Waals surface area contributed by atoms with Crippen molar-refractivity contribution in [2.24, 2.45) is 11.8 Å². The maximum Gasteiger partial charge on any atom is 0.319 e. The van der Waals surface area contributed by atoms with Gasteiger partial charge in [-0.2, -0.15) is 0 Å². The second kappa shape index (κ2) is 5.31. The number of nitrogens with one attached hydrogen (secondary N) is 2. The number of fused-ring (bicyclic) bond motifs is 2. The highest BCUT2D eigenvalue weighted by atomic mass is 16.2. The highest BCUT2D eigenvalue weighted by molar-refractivity contribution is 5.89. The Morgan fingerprint density at radius 3 is 2.60 bits per heavy atom. The molecule has 0 spiro atoms. The molecule has 3 heteroatoms. The van der Waals surface area contributed by atoms with E-state index in [1.807, 2.05) is 31.2 Å². The zero-order valence-corrected chi connectivity index (χ0v) is 12.1. The molecule has 3 nitrogen and oxygen atoms in total. The van der Waals surface area contributed by atoms with Gasteiger partial charge in [-0.25, -0.2) is 4.79 Å². The summed E-state index contributed by atoms with van der Waals surface area (Å²) in [5, 5.41) is 5.94. The second-order valence-corrected chi connectivity index (χ2v) is 6.12. The predicted octanol–water partition coefficient (Wildman–Crippen LogP) is 3.86. The Balaban J connectivity index is 1.56. The number of urea groups is 1. The number of benzene rings is 1. The van der Waals surface area contributed by atoms with Crippen molar-refractivity contribution in [3.8, 4) is 0 Å². The number of anilines is 1. The molecular weight excluding hydrogens is 248 g/mol. The quantitative estimate of drug-likeness (QED) is 0.804. The van der Waals surface area contributed by atoms with Gasteiger partial charge in [-0.05, 0) is 62.7 Å². The number of hydrogen-bond acceptors (Lipinski definition) is 1. The minimum Gasteiger partial charge on any atom is -0.332 e. The summed E-state index contributed by atoms with van der Waals surface area (Å²) >= 11 is 0. The molecular formula is C17H22N2O. The Morgan fingerprint density at radius 2 is 2.00 bits per heavy atom. The number of carbonyl (C=O) groups excluding carboxylic acids is 1. The van der Waals surface area contributed by atoms with E-state index in [0.29, 0.717) is 5.92 Å². The van der Waals surface area contributed by atoms with Crippen molar-refractivity contribution < 1.29 is 4.79 Å². The van der Waals surface area contributed by atoms with Gasteiger partial charge in [0.25, 0.3) is 0 Å². The lowest BCUT2D eigenvalue weighted by molar-refractivity contribution is 0.250. The second-order valence-electron chi connectivity index (χ2n) is 6.12. The molecule has 0 aromatic heterocycles. The molecule has 1 aromatic rings. The molecule has 2 amide bonds. The van der Waals surface area contributed by atoms with E-state index in [-0.39, 0.29) is 12.1 Å². The number of hydrogen-bond donors (Lipinski definition) is 2. The van der Waals surface area contributed by atoms with Crippen LogP contribution in [0.3, 0.4) is 0 Å². The summed E-state index contributed by atoms with van der Waals surface area (Å²) in [6.07, 6.45) is 6.30. The predicted molar refractivity (Wildman–Crippen MR) is 81.7 cm³/mol. The van der Waals surface area contributed by atoms with Crippen molar-refractivity contribution in [2.75, 3.05) is 5.32 Å². The van der Waals surface area contributed by atoms with Crippen LogP contribution in [0, 0.1) is 18.8 Å². The van der Waals surface area contributed by atoms with E-state index in [9.17, 15) is 4.79 Å². The van der Waals surface area contributed by atoms with Crippen LogP contribution in [-0.2, 0) is 0 Å². The van der Waals surface area contributed by atoms with E-state index in [2.05, 4.69) is 23.6 Å². The third-order valence-electron chi connectivity index (χ3n) is 4.53. The van der Waals surface area contributed by atoms with E-state index in [4.69, 9.17) is 0 Å². The fraction of sp³-hybridized carbons (Fsp3) is 0.471. The van der Waals surface area contributed by atoms with Gasteiger partial charge in [0.2, 0.25) is 0 Å². The number of carbonyl (C=O) groups is 1. The van der Waals surface area contributed by atoms with Crippen LogP contribution in [0.25, 0.3) is 0 Å². The molecule has 3 unspecified atom stereocenters. The lowest BCUT2D eigenvalue weighted by Gasteiger charge is -2.22. The van der Waals surface area contributed by atoms with E-state index in [1.54, 1.807) is 0 Å². The minimum absolute atomic E-state index is 0.120. The van der Waals surface area contributed by atoms with Crippen molar-refractivity contribution in [3.63, 3.8) is 0 Å². The topological polar surface area (TPSA) is 41.1 Å². The molecule has 0 heterocycles. The van der Waals surface area contributed by atoms with Gasteiger partial charge >= 0.3 is 6.03 Å². The van der Waals surface area contributed by atoms with Crippen molar-refractivity contribution >= 4 is 11.7 Å². The van der Waals surface area contributed by atoms with Crippen LogP contribution in [0.5, 0.6) is 0 Å². The molecule has 2 aliphatic rings. The van der Waals surface area contributed by atoms with Gasteiger partial charge in [-0.3, -0.25) is 0 Å². The maximum absolute atomic E-state index is 12.0. The summed E-state index contributed by atoms with van der Waals surface area (Å²) in [4.78, 5) is 12.0. The molecule has 1 fully saturated rings. The zero-order chi connectivity index (χ0) is 14.1. The maximum atomic E-state index is 12.0. The molecule has 2 aliphatic carbocycles. The van der Waals surface area contributed by atoms with Gasteiger partial charge in [0.1, 0.15) is 0 Å². The normalized spacial score (nSPS) is 25.2. The van der Waals surface area contributed by atoms with Crippen LogP contribution in [0.2, 0.25) is 0 Å². The summed E-state index contributed by atoms with van der Waals surface area (Å²) in [6, 6.07) is 7.86. The van der Waals surface area contributed by atoms with E-state index in [1.165, 1.54) is 30.4 Å². The van der Waals surface area contributed by atoms with Crippen LogP contribution in [-0.4, -0.2) is 12.1 Å². The van der Waals surface area contributed by atoms with Crippen molar-refractivity contribution in [1.82, 2.24) is 5.32 Å². The summed E-state index contributed by atoms with van der Waals surface area (Å²) in [7, 11) is 0. The molecule has 20 heavy (non-hydrogen) atoms. The van der Waals surface area contributed by atoms with Crippen LogP contribution in [0.1, 0.15) is 31.7 Å². The molecule has 1 aromatic carbocycles. The fourth-order valence-electron chi connectivity index (χ4n) is 3.46. The molecule has 3 rings (SSSR count). The molecule has 0 radical (unpaired) electrons. The Morgan fingerprint density at radius 1 is 1.25 bits per heavy atom. The lowest BCUT2D eigenvalue weighted by Crippen LogP contribution is -2.38. The van der Waals surface area contributed by atoms with Gasteiger partial charge in [0.05, 0.1) is 0 Å². The van der Waals surface area contributed by atoms with Gasteiger partial charge in [-0.15, -0.1) is 0 Å². The first kappa shape index (κ1) is 13.2. The SMILES string of the molecule is Cc1ccc(NC(=O)NC(C)C2=CC3CCC2C3)cc1. The first-order valence-corrected chi connectivity index (χ1v) is 7.47. The van der Waals surface area contributed by atoms with Gasteiger partial charge in [0.15, 0.2) is 0 Å². The summed E-state index contributed by atoms with van der Waals surface area (Å²) in [5.41, 5.74) is 3.46. The Kier molecular flexibility index (Phi) is 3.51. The minimum atomic E-state index is -0.120. The summed E-state index contributed by atoms with van der Waals surface area (Å²) in [5.74, 6) is 1.47. The highest BCUT2D eigenvalue weighted by Gasteiger charge is 2.35. The Hall–Kier alpha value is -1.77.